The smallest absolute Gasteiger partial charge is 0.168 e. The summed E-state index contributed by atoms with van der Waals surface area (Å²) in [5, 5.41) is 3.17. The summed E-state index contributed by atoms with van der Waals surface area (Å²) in [6.07, 6.45) is 0. The minimum atomic E-state index is -0.0847. The number of rotatable bonds is 2. The number of thiocarbonyl (C=S) groups is 1. The fraction of sp³-hybridized carbons (Fsp3) is 0.385. The number of nitrogens with one attached hydrogen (secondary N) is 1. The Bertz CT molecular complexity index is 461. The molecule has 3 nitrogen and oxygen atoms in total. The highest BCUT2D eigenvalue weighted by atomic mass is 32.1. The van der Waals surface area contributed by atoms with Gasteiger partial charge >= 0.3 is 0 Å². The van der Waals surface area contributed by atoms with Gasteiger partial charge in [-0.3, -0.25) is 4.79 Å². The Hall–Kier alpha value is -1.42. The predicted octanol–water partition coefficient (Wildman–Crippen LogP) is 2.84. The average molecular weight is 250 g/mol. The molecule has 0 aliphatic rings. The van der Waals surface area contributed by atoms with Crippen LogP contribution in [-0.4, -0.2) is 10.9 Å². The summed E-state index contributed by atoms with van der Waals surface area (Å²) < 4.78 is 0. The van der Waals surface area contributed by atoms with E-state index in [0.717, 1.165) is 11.3 Å². The average Bonchev–Trinajstić information content (AvgIpc) is 2.15. The molecule has 0 unspecified atom stereocenters. The van der Waals surface area contributed by atoms with E-state index >= 15 is 0 Å². The number of ketones is 1. The fourth-order valence-electron chi connectivity index (χ4n) is 1.63. The number of carbonyl (C=O) groups excluding carboxylic acids is 1. The lowest BCUT2D eigenvalue weighted by Crippen LogP contribution is -2.23. The molecule has 3 N–H and O–H groups in total. The Kier molecular flexibility index (Phi) is 3.88. The summed E-state index contributed by atoms with van der Waals surface area (Å²) in [6, 6.07) is 5.51. The highest BCUT2D eigenvalue weighted by Crippen LogP contribution is 2.30. The van der Waals surface area contributed by atoms with Crippen LogP contribution in [0, 0.1) is 0 Å². The Morgan fingerprint density at radius 2 is 1.94 bits per heavy atom. The molecule has 0 aliphatic carbocycles. The van der Waals surface area contributed by atoms with Crippen molar-refractivity contribution in [2.75, 3.05) is 5.32 Å². The predicted molar refractivity (Wildman–Crippen MR) is 75.6 cm³/mol. The first-order valence-corrected chi connectivity index (χ1v) is 5.84. The number of hydrogen-bond donors (Lipinski definition) is 2. The molecule has 1 aromatic carbocycles. The number of hydrogen-bond acceptors (Lipinski definition) is 2. The van der Waals surface area contributed by atoms with Crippen LogP contribution < -0.4 is 11.1 Å². The van der Waals surface area contributed by atoms with Gasteiger partial charge in [0.25, 0.3) is 0 Å². The summed E-state index contributed by atoms with van der Waals surface area (Å²) in [5.41, 5.74) is 7.98. The van der Waals surface area contributed by atoms with Gasteiger partial charge < -0.3 is 11.1 Å². The number of nitrogens with two attached hydrogens (primary N) is 1. The van der Waals surface area contributed by atoms with Gasteiger partial charge in [-0.05, 0) is 48.3 Å². The van der Waals surface area contributed by atoms with E-state index < -0.39 is 0 Å². The second kappa shape index (κ2) is 4.84. The zero-order valence-electron chi connectivity index (χ0n) is 10.6. The molecule has 0 amide bonds. The van der Waals surface area contributed by atoms with E-state index in [2.05, 4.69) is 26.1 Å². The third-order valence-corrected chi connectivity index (χ3v) is 2.59. The lowest BCUT2D eigenvalue weighted by atomic mass is 9.84. The molecule has 0 aromatic heterocycles. The second-order valence-corrected chi connectivity index (χ2v) is 5.50. The van der Waals surface area contributed by atoms with Gasteiger partial charge in [-0.2, -0.15) is 0 Å². The molecule has 4 heteroatoms. The standard InChI is InChI=1S/C13H18N2OS/c1-8(16)9-5-6-11(15-12(14)17)10(7-9)13(2,3)4/h5-7H,1-4H3,(H3,14,15,17). The zero-order chi connectivity index (χ0) is 13.2. The number of carbonyl (C=O) groups is 1. The Morgan fingerprint density at radius 3 is 2.35 bits per heavy atom. The van der Waals surface area contributed by atoms with E-state index in [-0.39, 0.29) is 16.3 Å². The highest BCUT2D eigenvalue weighted by Gasteiger charge is 2.19. The van der Waals surface area contributed by atoms with E-state index in [9.17, 15) is 4.79 Å². The lowest BCUT2D eigenvalue weighted by molar-refractivity contribution is 0.101. The minimum absolute atomic E-state index is 0.0531. The molecule has 0 radical (unpaired) electrons. The molecule has 0 aliphatic heterocycles. The number of benzene rings is 1. The Balaban J connectivity index is 3.31. The monoisotopic (exact) mass is 250 g/mol. The molecule has 0 heterocycles. The lowest BCUT2D eigenvalue weighted by Gasteiger charge is -2.23. The second-order valence-electron chi connectivity index (χ2n) is 5.06. The maximum absolute atomic E-state index is 11.4. The van der Waals surface area contributed by atoms with Crippen LogP contribution in [0.25, 0.3) is 0 Å². The van der Waals surface area contributed by atoms with Crippen molar-refractivity contribution in [3.05, 3.63) is 29.3 Å². The van der Waals surface area contributed by atoms with E-state index in [1.807, 2.05) is 12.1 Å². The van der Waals surface area contributed by atoms with Gasteiger partial charge in [0.2, 0.25) is 0 Å². The maximum atomic E-state index is 11.4. The van der Waals surface area contributed by atoms with Crippen LogP contribution in [0.3, 0.4) is 0 Å². The van der Waals surface area contributed by atoms with Crippen LogP contribution >= 0.6 is 12.2 Å². The van der Waals surface area contributed by atoms with Crippen molar-refractivity contribution >= 4 is 28.8 Å². The van der Waals surface area contributed by atoms with Gasteiger partial charge in [0.1, 0.15) is 0 Å². The first kappa shape index (κ1) is 13.6. The quantitative estimate of drug-likeness (QED) is 0.626. The first-order chi connectivity index (χ1) is 7.71. The number of Topliss-reactive ketones (excluding diaryl/α,β-unsaturated/α-hetero) is 1. The van der Waals surface area contributed by atoms with Crippen molar-refractivity contribution in [2.24, 2.45) is 5.73 Å². The first-order valence-electron chi connectivity index (χ1n) is 5.43. The summed E-state index contributed by atoms with van der Waals surface area (Å²) in [4.78, 5) is 11.4. The van der Waals surface area contributed by atoms with Crippen LogP contribution in [0.5, 0.6) is 0 Å². The Labute approximate surface area is 107 Å². The number of anilines is 1. The van der Waals surface area contributed by atoms with Gasteiger partial charge in [0, 0.05) is 11.3 Å². The molecule has 0 spiro atoms. The molecular weight excluding hydrogens is 232 g/mol. The van der Waals surface area contributed by atoms with Crippen LogP contribution in [0.2, 0.25) is 0 Å². The normalized spacial score (nSPS) is 11.1. The van der Waals surface area contributed by atoms with E-state index in [1.165, 1.54) is 0 Å². The maximum Gasteiger partial charge on any atom is 0.168 e. The van der Waals surface area contributed by atoms with Gasteiger partial charge in [0.15, 0.2) is 10.9 Å². The van der Waals surface area contributed by atoms with Gasteiger partial charge in [0.05, 0.1) is 0 Å². The van der Waals surface area contributed by atoms with Gasteiger partial charge in [-0.15, -0.1) is 0 Å². The van der Waals surface area contributed by atoms with E-state index in [0.29, 0.717) is 5.56 Å². The summed E-state index contributed by atoms with van der Waals surface area (Å²) in [7, 11) is 0. The molecule has 0 fully saturated rings. The van der Waals surface area contributed by atoms with Crippen molar-refractivity contribution in [1.29, 1.82) is 0 Å². The molecule has 1 aromatic rings. The summed E-state index contributed by atoms with van der Waals surface area (Å²) in [5.74, 6) is 0.0531. The molecule has 0 saturated carbocycles. The van der Waals surface area contributed by atoms with E-state index in [1.54, 1.807) is 13.0 Å². The largest absolute Gasteiger partial charge is 0.376 e. The topological polar surface area (TPSA) is 55.1 Å². The van der Waals surface area contributed by atoms with Crippen molar-refractivity contribution in [1.82, 2.24) is 0 Å². The molecule has 0 saturated heterocycles. The van der Waals surface area contributed by atoms with Crippen molar-refractivity contribution in [2.45, 2.75) is 33.1 Å². The Morgan fingerprint density at radius 1 is 1.35 bits per heavy atom. The molecule has 92 valence electrons. The van der Waals surface area contributed by atoms with Crippen molar-refractivity contribution in [3.8, 4) is 0 Å². The molecular formula is C13H18N2OS. The van der Waals surface area contributed by atoms with Crippen LogP contribution in [-0.2, 0) is 5.41 Å². The summed E-state index contributed by atoms with van der Waals surface area (Å²) in [6.45, 7) is 7.80. The molecule has 17 heavy (non-hydrogen) atoms. The fourth-order valence-corrected chi connectivity index (χ4v) is 1.74. The van der Waals surface area contributed by atoms with Crippen molar-refractivity contribution < 1.29 is 4.79 Å². The zero-order valence-corrected chi connectivity index (χ0v) is 11.4. The summed E-state index contributed by atoms with van der Waals surface area (Å²) >= 11 is 4.84. The molecule has 0 atom stereocenters. The van der Waals surface area contributed by atoms with Crippen LogP contribution in [0.15, 0.2) is 18.2 Å². The van der Waals surface area contributed by atoms with Crippen molar-refractivity contribution in [3.63, 3.8) is 0 Å². The van der Waals surface area contributed by atoms with Crippen LogP contribution in [0.1, 0.15) is 43.6 Å². The van der Waals surface area contributed by atoms with Crippen LogP contribution in [0.4, 0.5) is 5.69 Å². The molecule has 0 bridgehead atoms. The van der Waals surface area contributed by atoms with Gasteiger partial charge in [-0.1, -0.05) is 20.8 Å². The third-order valence-electron chi connectivity index (χ3n) is 2.49. The van der Waals surface area contributed by atoms with E-state index in [4.69, 9.17) is 18.0 Å². The minimum Gasteiger partial charge on any atom is -0.376 e. The highest BCUT2D eigenvalue weighted by molar-refractivity contribution is 7.80. The van der Waals surface area contributed by atoms with Gasteiger partial charge in [-0.25, -0.2) is 0 Å². The SMILES string of the molecule is CC(=O)c1ccc(NC(N)=S)c(C(C)(C)C)c1. The third kappa shape index (κ3) is 3.53. The molecule has 1 rings (SSSR count).